The van der Waals surface area contributed by atoms with Gasteiger partial charge in [-0.2, -0.15) is 18.4 Å². The molecule has 1 aromatic carbocycles. The zero-order valence-corrected chi connectivity index (χ0v) is 18.4. The smallest absolute Gasteiger partial charge is 0.387 e. The Labute approximate surface area is 189 Å². The average Bonchev–Trinajstić information content (AvgIpc) is 2.97. The van der Waals surface area contributed by atoms with Crippen molar-refractivity contribution in [3.8, 4) is 5.75 Å². The number of fused-ring (bicyclic) bond motifs is 2. The van der Waals surface area contributed by atoms with E-state index in [4.69, 9.17) is 4.98 Å². The summed E-state index contributed by atoms with van der Waals surface area (Å²) in [5.74, 6) is 1.01. The Balaban J connectivity index is 1.25. The van der Waals surface area contributed by atoms with Crippen LogP contribution in [0.15, 0.2) is 30.5 Å². The number of aryl methyl sites for hydroxylation is 1. The molecular weight excluding hydrogens is 430 g/mol. The van der Waals surface area contributed by atoms with E-state index in [1.54, 1.807) is 12.1 Å². The molecule has 10 heteroatoms. The molecular formula is C23H26F2N6O2. The second-order valence-corrected chi connectivity index (χ2v) is 8.52. The number of alkyl halides is 2. The van der Waals surface area contributed by atoms with Gasteiger partial charge < -0.3 is 20.3 Å². The van der Waals surface area contributed by atoms with Crippen LogP contribution in [0.4, 0.5) is 14.6 Å². The molecule has 2 N–H and O–H groups in total. The first-order chi connectivity index (χ1) is 16.0. The third kappa shape index (κ3) is 4.35. The highest BCUT2D eigenvalue weighted by atomic mass is 19.3. The summed E-state index contributed by atoms with van der Waals surface area (Å²) in [6.07, 6.45) is 3.60. The van der Waals surface area contributed by atoms with Crippen LogP contribution in [-0.4, -0.2) is 53.3 Å². The largest absolute Gasteiger partial charge is 0.435 e. The van der Waals surface area contributed by atoms with Crippen LogP contribution in [0.1, 0.15) is 22.4 Å². The summed E-state index contributed by atoms with van der Waals surface area (Å²) in [6, 6.07) is 6.28. The van der Waals surface area contributed by atoms with Gasteiger partial charge in [0.15, 0.2) is 5.65 Å². The molecule has 0 spiro atoms. The first-order valence-electron chi connectivity index (χ1n) is 11.1. The number of hydrogen-bond acceptors (Lipinski definition) is 6. The maximum atomic E-state index is 12.7. The number of hydrogen-bond donors (Lipinski definition) is 2. The molecule has 0 atom stereocenters. The Morgan fingerprint density at radius 2 is 2.00 bits per heavy atom. The van der Waals surface area contributed by atoms with Crippen LogP contribution in [-0.2, 0) is 24.2 Å². The fourth-order valence-electron chi connectivity index (χ4n) is 4.44. The van der Waals surface area contributed by atoms with Crippen LogP contribution in [0, 0.1) is 12.8 Å². The highest BCUT2D eigenvalue weighted by molar-refractivity contribution is 5.82. The summed E-state index contributed by atoms with van der Waals surface area (Å²) in [7, 11) is 0. The number of carbonyl (C=O) groups excluding carboxylic acids is 1. The van der Waals surface area contributed by atoms with Crippen molar-refractivity contribution >= 4 is 17.4 Å². The summed E-state index contributed by atoms with van der Waals surface area (Å²) in [6.45, 7) is 2.53. The normalized spacial score (nSPS) is 16.4. The van der Waals surface area contributed by atoms with Crippen molar-refractivity contribution in [2.24, 2.45) is 5.92 Å². The maximum Gasteiger partial charge on any atom is 0.387 e. The van der Waals surface area contributed by atoms with Crippen molar-refractivity contribution in [1.82, 2.24) is 25.2 Å². The first-order valence-corrected chi connectivity index (χ1v) is 11.1. The van der Waals surface area contributed by atoms with Gasteiger partial charge in [-0.1, -0.05) is 12.1 Å². The van der Waals surface area contributed by atoms with Crippen LogP contribution in [0.25, 0.3) is 5.65 Å². The molecule has 1 saturated heterocycles. The van der Waals surface area contributed by atoms with Gasteiger partial charge in [0, 0.05) is 43.7 Å². The Morgan fingerprint density at radius 1 is 1.24 bits per heavy atom. The summed E-state index contributed by atoms with van der Waals surface area (Å²) in [5, 5.41) is 10.9. The third-order valence-corrected chi connectivity index (χ3v) is 6.24. The Bertz CT molecular complexity index is 1160. The first kappa shape index (κ1) is 21.6. The van der Waals surface area contributed by atoms with Crippen molar-refractivity contribution in [1.29, 1.82) is 0 Å². The monoisotopic (exact) mass is 456 g/mol. The Kier molecular flexibility index (Phi) is 5.84. The quantitative estimate of drug-likeness (QED) is 0.591. The molecule has 0 aliphatic carbocycles. The van der Waals surface area contributed by atoms with Crippen LogP contribution in [0.5, 0.6) is 5.75 Å². The molecule has 1 fully saturated rings. The average molecular weight is 456 g/mol. The lowest BCUT2D eigenvalue weighted by Gasteiger charge is -2.41. The zero-order valence-electron chi connectivity index (χ0n) is 18.4. The standard InChI is InChI=1S/C23H26F2N6O2/c1-14-10-28-31-20(14)29-19-7-9-26-8-6-18(19)22(31)30-12-16(13-30)21(32)27-11-15-2-4-17(5-3-15)33-23(24)25/h2-5,10,16,23,26H,6-9,11-13H2,1H3,(H,27,32). The molecule has 2 aliphatic rings. The van der Waals surface area contributed by atoms with Crippen LogP contribution < -0.4 is 20.3 Å². The molecule has 2 aliphatic heterocycles. The number of nitrogens with one attached hydrogen (secondary N) is 2. The summed E-state index contributed by atoms with van der Waals surface area (Å²) >= 11 is 0. The van der Waals surface area contributed by atoms with E-state index in [2.05, 4.69) is 25.4 Å². The van der Waals surface area contributed by atoms with E-state index in [0.717, 1.165) is 54.2 Å². The van der Waals surface area contributed by atoms with Gasteiger partial charge in [0.05, 0.1) is 17.8 Å². The maximum absolute atomic E-state index is 12.7. The van der Waals surface area contributed by atoms with E-state index in [-0.39, 0.29) is 17.6 Å². The van der Waals surface area contributed by atoms with Crippen molar-refractivity contribution in [2.45, 2.75) is 32.9 Å². The lowest BCUT2D eigenvalue weighted by Crippen LogP contribution is -2.54. The van der Waals surface area contributed by atoms with Crippen LogP contribution in [0.2, 0.25) is 0 Å². The number of benzene rings is 1. The van der Waals surface area contributed by atoms with Crippen LogP contribution in [0.3, 0.4) is 0 Å². The fraction of sp³-hybridized carbons (Fsp3) is 0.435. The molecule has 0 radical (unpaired) electrons. The summed E-state index contributed by atoms with van der Waals surface area (Å²) in [5.41, 5.74) is 5.05. The number of ether oxygens (including phenoxy) is 1. The lowest BCUT2D eigenvalue weighted by atomic mass is 9.97. The molecule has 1 amide bonds. The molecule has 2 aromatic heterocycles. The third-order valence-electron chi connectivity index (χ3n) is 6.24. The van der Waals surface area contributed by atoms with Gasteiger partial charge >= 0.3 is 6.61 Å². The van der Waals surface area contributed by atoms with Gasteiger partial charge in [-0.3, -0.25) is 4.79 Å². The van der Waals surface area contributed by atoms with Crippen molar-refractivity contribution < 1.29 is 18.3 Å². The minimum atomic E-state index is -2.85. The summed E-state index contributed by atoms with van der Waals surface area (Å²) < 4.78 is 30.8. The van der Waals surface area contributed by atoms with Gasteiger partial charge in [-0.25, -0.2) is 4.98 Å². The second-order valence-electron chi connectivity index (χ2n) is 8.52. The van der Waals surface area contributed by atoms with E-state index in [1.807, 2.05) is 17.6 Å². The molecule has 8 nitrogen and oxygen atoms in total. The van der Waals surface area contributed by atoms with Gasteiger partial charge in [0.25, 0.3) is 0 Å². The predicted molar refractivity (Wildman–Crippen MR) is 119 cm³/mol. The number of aromatic nitrogens is 3. The SMILES string of the molecule is Cc1cnn2c(N3CC(C(=O)NCc4ccc(OC(F)F)cc4)C3)c3c(nc12)CCNCC3. The van der Waals surface area contributed by atoms with Gasteiger partial charge in [0.2, 0.25) is 5.91 Å². The number of amides is 1. The molecule has 174 valence electrons. The van der Waals surface area contributed by atoms with E-state index >= 15 is 0 Å². The molecule has 33 heavy (non-hydrogen) atoms. The minimum absolute atomic E-state index is 0.0196. The van der Waals surface area contributed by atoms with E-state index in [0.29, 0.717) is 19.6 Å². The lowest BCUT2D eigenvalue weighted by molar-refractivity contribution is -0.125. The Morgan fingerprint density at radius 3 is 2.76 bits per heavy atom. The van der Waals surface area contributed by atoms with Crippen molar-refractivity contribution in [3.05, 3.63) is 52.8 Å². The minimum Gasteiger partial charge on any atom is -0.435 e. The van der Waals surface area contributed by atoms with Gasteiger partial charge in [0.1, 0.15) is 11.6 Å². The molecule has 0 bridgehead atoms. The Hall–Kier alpha value is -3.27. The highest BCUT2D eigenvalue weighted by Crippen LogP contribution is 2.32. The van der Waals surface area contributed by atoms with E-state index < -0.39 is 6.61 Å². The number of anilines is 1. The molecule has 4 heterocycles. The molecule has 3 aromatic rings. The second kappa shape index (κ2) is 8.93. The molecule has 5 rings (SSSR count). The predicted octanol–water partition coefficient (Wildman–Crippen LogP) is 2.08. The summed E-state index contributed by atoms with van der Waals surface area (Å²) in [4.78, 5) is 19.8. The number of rotatable bonds is 6. The van der Waals surface area contributed by atoms with E-state index in [9.17, 15) is 13.6 Å². The van der Waals surface area contributed by atoms with Gasteiger partial charge in [-0.15, -0.1) is 0 Å². The van der Waals surface area contributed by atoms with Crippen molar-refractivity contribution in [2.75, 3.05) is 31.1 Å². The van der Waals surface area contributed by atoms with Crippen molar-refractivity contribution in [3.63, 3.8) is 0 Å². The molecule has 0 unspecified atom stereocenters. The van der Waals surface area contributed by atoms with E-state index in [1.165, 1.54) is 17.7 Å². The number of carbonyl (C=O) groups is 1. The number of nitrogens with zero attached hydrogens (tertiary/aromatic N) is 4. The van der Waals surface area contributed by atoms with Crippen LogP contribution >= 0.6 is 0 Å². The topological polar surface area (TPSA) is 83.8 Å². The number of halogens is 2. The van der Waals surface area contributed by atoms with Gasteiger partial charge in [-0.05, 0) is 37.6 Å². The zero-order chi connectivity index (χ0) is 22.9. The fourth-order valence-corrected chi connectivity index (χ4v) is 4.44. The molecule has 0 saturated carbocycles. The highest BCUT2D eigenvalue weighted by Gasteiger charge is 2.36.